The highest BCUT2D eigenvalue weighted by molar-refractivity contribution is 6.34. The van der Waals surface area contributed by atoms with E-state index in [2.05, 4.69) is 27.6 Å². The van der Waals surface area contributed by atoms with Crippen LogP contribution in [0.5, 0.6) is 0 Å². The highest BCUT2D eigenvalue weighted by Crippen LogP contribution is 2.51. The lowest BCUT2D eigenvalue weighted by atomic mass is 9.62. The van der Waals surface area contributed by atoms with Crippen molar-refractivity contribution < 1.29 is 4.74 Å². The van der Waals surface area contributed by atoms with E-state index in [4.69, 9.17) is 16.3 Å². The van der Waals surface area contributed by atoms with Crippen LogP contribution in [-0.2, 0) is 10.3 Å². The summed E-state index contributed by atoms with van der Waals surface area (Å²) in [5.41, 5.74) is 1.89. The Balaban J connectivity index is 1.97. The molecule has 4 rings (SSSR count). The van der Waals surface area contributed by atoms with Crippen molar-refractivity contribution in [3.05, 3.63) is 28.9 Å². The summed E-state index contributed by atoms with van der Waals surface area (Å²) in [5, 5.41) is 12.4. The minimum absolute atomic E-state index is 0.240. The van der Waals surface area contributed by atoms with Gasteiger partial charge in [-0.05, 0) is 24.5 Å². The molecule has 5 heteroatoms. The molecule has 21 heavy (non-hydrogen) atoms. The average Bonchev–Trinajstić information content (AvgIpc) is 2.88. The molecule has 1 aliphatic heterocycles. The Morgan fingerprint density at radius 1 is 1.29 bits per heavy atom. The summed E-state index contributed by atoms with van der Waals surface area (Å²) in [6.45, 7) is 2.02. The third kappa shape index (κ3) is 1.79. The maximum atomic E-state index is 6.38. The van der Waals surface area contributed by atoms with Crippen molar-refractivity contribution in [3.8, 4) is 0 Å². The third-order valence-corrected chi connectivity index (χ3v) is 5.67. The molecule has 2 aromatic rings. The Labute approximate surface area is 129 Å². The van der Waals surface area contributed by atoms with Gasteiger partial charge in [0.1, 0.15) is 10.8 Å². The number of methoxy groups -OCH3 is 1. The van der Waals surface area contributed by atoms with Crippen LogP contribution >= 0.6 is 11.6 Å². The van der Waals surface area contributed by atoms with Gasteiger partial charge in [0.15, 0.2) is 0 Å². The second kappa shape index (κ2) is 4.97. The van der Waals surface area contributed by atoms with Crippen LogP contribution in [0.2, 0.25) is 5.15 Å². The van der Waals surface area contributed by atoms with E-state index >= 15 is 0 Å². The van der Waals surface area contributed by atoms with Crippen molar-refractivity contribution in [2.45, 2.75) is 24.9 Å². The van der Waals surface area contributed by atoms with Crippen molar-refractivity contribution in [1.29, 1.82) is 0 Å². The van der Waals surface area contributed by atoms with Crippen LogP contribution in [0.25, 0.3) is 10.9 Å². The second-order valence-electron chi connectivity index (χ2n) is 6.22. The van der Waals surface area contributed by atoms with Crippen molar-refractivity contribution in [2.75, 3.05) is 20.2 Å². The van der Waals surface area contributed by atoms with E-state index < -0.39 is 0 Å². The standard InChI is InChI=1S/C16H20ClN3O/c1-21-16(10-4-2-5-11(16)9-18-8-10)12-6-3-7-13-14(12)15(17)20-19-13/h3,6-7,10-11,18H,2,4-5,8-9H2,1H3,(H,19,20). The zero-order chi connectivity index (χ0) is 14.4. The molecule has 1 aromatic heterocycles. The molecule has 2 unspecified atom stereocenters. The summed E-state index contributed by atoms with van der Waals surface area (Å²) in [6.07, 6.45) is 3.68. The topological polar surface area (TPSA) is 49.9 Å². The number of benzene rings is 1. The van der Waals surface area contributed by atoms with E-state index in [1.807, 2.05) is 13.2 Å². The Hall–Kier alpha value is -1.10. The van der Waals surface area contributed by atoms with Crippen molar-refractivity contribution in [3.63, 3.8) is 0 Å². The predicted molar refractivity (Wildman–Crippen MR) is 83.5 cm³/mol. The number of H-pyrrole nitrogens is 1. The number of aromatic nitrogens is 2. The number of hydrogen-bond donors (Lipinski definition) is 2. The Morgan fingerprint density at radius 2 is 2.05 bits per heavy atom. The van der Waals surface area contributed by atoms with Gasteiger partial charge < -0.3 is 10.1 Å². The number of ether oxygens (including phenoxy) is 1. The van der Waals surface area contributed by atoms with E-state index in [9.17, 15) is 0 Å². The first kappa shape index (κ1) is 13.6. The maximum Gasteiger partial charge on any atom is 0.132 e. The van der Waals surface area contributed by atoms with Crippen molar-refractivity contribution >= 4 is 22.5 Å². The van der Waals surface area contributed by atoms with E-state index in [-0.39, 0.29) is 5.60 Å². The Bertz CT molecular complexity index is 647. The summed E-state index contributed by atoms with van der Waals surface area (Å²) in [7, 11) is 1.85. The van der Waals surface area contributed by atoms with Crippen molar-refractivity contribution in [1.82, 2.24) is 15.5 Å². The number of hydrogen-bond acceptors (Lipinski definition) is 3. The van der Waals surface area contributed by atoms with Gasteiger partial charge in [0.2, 0.25) is 0 Å². The van der Waals surface area contributed by atoms with Gasteiger partial charge in [0, 0.05) is 37.4 Å². The predicted octanol–water partition coefficient (Wildman–Crippen LogP) is 3.08. The van der Waals surface area contributed by atoms with E-state index in [0.29, 0.717) is 17.0 Å². The van der Waals surface area contributed by atoms with Crippen LogP contribution in [0, 0.1) is 11.8 Å². The molecule has 2 N–H and O–H groups in total. The molecule has 2 heterocycles. The first-order chi connectivity index (χ1) is 10.3. The largest absolute Gasteiger partial charge is 0.373 e. The molecule has 0 spiro atoms. The molecule has 0 radical (unpaired) electrons. The minimum atomic E-state index is -0.240. The van der Waals surface area contributed by atoms with Crippen LogP contribution < -0.4 is 5.32 Å². The van der Waals surface area contributed by atoms with Gasteiger partial charge in [0.05, 0.1) is 5.52 Å². The van der Waals surface area contributed by atoms with E-state index in [1.54, 1.807) is 0 Å². The lowest BCUT2D eigenvalue weighted by molar-refractivity contribution is -0.143. The molecule has 2 aliphatic rings. The molecule has 2 atom stereocenters. The summed E-state index contributed by atoms with van der Waals surface area (Å²) >= 11 is 6.38. The molecular weight excluding hydrogens is 286 g/mol. The van der Waals surface area contributed by atoms with Crippen LogP contribution in [0.15, 0.2) is 18.2 Å². The van der Waals surface area contributed by atoms with Gasteiger partial charge >= 0.3 is 0 Å². The van der Waals surface area contributed by atoms with Gasteiger partial charge in [-0.3, -0.25) is 5.10 Å². The normalized spacial score (nSPS) is 32.5. The average molecular weight is 306 g/mol. The molecule has 112 valence electrons. The lowest BCUT2D eigenvalue weighted by Crippen LogP contribution is -2.57. The minimum Gasteiger partial charge on any atom is -0.373 e. The molecular formula is C16H20ClN3O. The monoisotopic (exact) mass is 305 g/mol. The van der Waals surface area contributed by atoms with Crippen LogP contribution in [0.3, 0.4) is 0 Å². The number of piperidine rings is 1. The van der Waals surface area contributed by atoms with Gasteiger partial charge in [-0.1, -0.05) is 30.2 Å². The molecule has 4 nitrogen and oxygen atoms in total. The van der Waals surface area contributed by atoms with Crippen LogP contribution in [0.1, 0.15) is 24.8 Å². The highest BCUT2D eigenvalue weighted by Gasteiger charge is 2.52. The molecule has 1 saturated heterocycles. The Kier molecular flexibility index (Phi) is 3.21. The lowest BCUT2D eigenvalue weighted by Gasteiger charge is -2.52. The first-order valence-corrected chi connectivity index (χ1v) is 8.04. The smallest absolute Gasteiger partial charge is 0.132 e. The molecule has 1 aromatic carbocycles. The summed E-state index contributed by atoms with van der Waals surface area (Å²) in [5.74, 6) is 0.984. The molecule has 1 aliphatic carbocycles. The summed E-state index contributed by atoms with van der Waals surface area (Å²) in [6, 6.07) is 6.23. The number of fused-ring (bicyclic) bond motifs is 3. The van der Waals surface area contributed by atoms with E-state index in [1.165, 1.54) is 24.8 Å². The van der Waals surface area contributed by atoms with Crippen molar-refractivity contribution in [2.24, 2.45) is 11.8 Å². The van der Waals surface area contributed by atoms with Crippen LogP contribution in [-0.4, -0.2) is 30.4 Å². The fourth-order valence-corrected chi connectivity index (χ4v) is 4.79. The fourth-order valence-electron chi connectivity index (χ4n) is 4.55. The van der Waals surface area contributed by atoms with Gasteiger partial charge in [-0.25, -0.2) is 0 Å². The Morgan fingerprint density at radius 3 is 2.76 bits per heavy atom. The molecule has 1 saturated carbocycles. The molecule has 2 fully saturated rings. The summed E-state index contributed by atoms with van der Waals surface area (Å²) < 4.78 is 6.22. The van der Waals surface area contributed by atoms with Gasteiger partial charge in [-0.15, -0.1) is 0 Å². The number of nitrogens with one attached hydrogen (secondary N) is 2. The number of halogens is 1. The molecule has 2 bridgehead atoms. The maximum absolute atomic E-state index is 6.38. The third-order valence-electron chi connectivity index (χ3n) is 5.39. The SMILES string of the molecule is COC1(c2cccc3n[nH]c(Cl)c23)C2CCCC1CNC2. The number of rotatable bonds is 2. The number of aromatic amines is 1. The first-order valence-electron chi connectivity index (χ1n) is 7.66. The molecule has 0 amide bonds. The van der Waals surface area contributed by atoms with Crippen LogP contribution in [0.4, 0.5) is 0 Å². The number of nitrogens with zero attached hydrogens (tertiary/aromatic N) is 1. The van der Waals surface area contributed by atoms with Gasteiger partial charge in [-0.2, -0.15) is 5.10 Å². The fraction of sp³-hybridized carbons (Fsp3) is 0.562. The summed E-state index contributed by atoms with van der Waals surface area (Å²) in [4.78, 5) is 0. The van der Waals surface area contributed by atoms with Gasteiger partial charge in [0.25, 0.3) is 0 Å². The zero-order valence-electron chi connectivity index (χ0n) is 12.2. The quantitative estimate of drug-likeness (QED) is 0.896. The zero-order valence-corrected chi connectivity index (χ0v) is 12.9. The van der Waals surface area contributed by atoms with E-state index in [0.717, 1.165) is 24.0 Å². The second-order valence-corrected chi connectivity index (χ2v) is 6.60. The highest BCUT2D eigenvalue weighted by atomic mass is 35.5.